The van der Waals surface area contributed by atoms with Gasteiger partial charge in [0.15, 0.2) is 10.9 Å². The molecule has 0 fully saturated rings. The number of ether oxygens (including phenoxy) is 1. The quantitative estimate of drug-likeness (QED) is 0.438. The lowest BCUT2D eigenvalue weighted by Crippen LogP contribution is -2.20. The van der Waals surface area contributed by atoms with E-state index in [1.54, 1.807) is 29.1 Å². The lowest BCUT2D eigenvalue weighted by atomic mass is 10.1. The zero-order chi connectivity index (χ0) is 21.0. The van der Waals surface area contributed by atoms with Crippen LogP contribution in [0.4, 0.5) is 15.2 Å². The summed E-state index contributed by atoms with van der Waals surface area (Å²) < 4.78 is 19.7. The van der Waals surface area contributed by atoms with E-state index in [9.17, 15) is 9.18 Å². The van der Waals surface area contributed by atoms with Gasteiger partial charge in [-0.15, -0.1) is 11.3 Å². The topological polar surface area (TPSA) is 68.2 Å². The first-order valence-corrected chi connectivity index (χ1v) is 10.2. The Balaban J connectivity index is 1.68. The maximum atomic E-state index is 13.0. The normalized spacial score (nSPS) is 10.6. The van der Waals surface area contributed by atoms with Gasteiger partial charge in [-0.05, 0) is 48.8 Å². The lowest BCUT2D eigenvalue weighted by Gasteiger charge is -2.09. The fraction of sp³-hybridized carbons (Fsp3) is 0.250. The number of aryl methyl sites for hydroxylation is 1. The minimum atomic E-state index is -0.389. The van der Waals surface area contributed by atoms with Gasteiger partial charge in [0, 0.05) is 17.1 Å². The van der Waals surface area contributed by atoms with E-state index in [0.29, 0.717) is 28.0 Å². The fourth-order valence-corrected chi connectivity index (χ4v) is 4.36. The van der Waals surface area contributed by atoms with Crippen molar-refractivity contribution in [3.63, 3.8) is 0 Å². The van der Waals surface area contributed by atoms with Crippen molar-refractivity contribution >= 4 is 45.5 Å². The summed E-state index contributed by atoms with van der Waals surface area (Å²) >= 11 is 6.84. The van der Waals surface area contributed by atoms with Gasteiger partial charge in [-0.1, -0.05) is 19.1 Å². The first kappa shape index (κ1) is 20.9. The predicted octanol–water partition coefficient (Wildman–Crippen LogP) is 4.60. The van der Waals surface area contributed by atoms with Crippen LogP contribution >= 0.6 is 23.6 Å². The van der Waals surface area contributed by atoms with Crippen molar-refractivity contribution in [3.05, 3.63) is 63.9 Å². The zero-order valence-electron chi connectivity index (χ0n) is 16.3. The van der Waals surface area contributed by atoms with Gasteiger partial charge in [-0.3, -0.25) is 4.68 Å². The fourth-order valence-electron chi connectivity index (χ4n) is 2.95. The molecule has 9 heteroatoms. The van der Waals surface area contributed by atoms with E-state index < -0.39 is 0 Å². The molecular formula is C20H21FN4O2S2. The highest BCUT2D eigenvalue weighted by Gasteiger charge is 2.22. The van der Waals surface area contributed by atoms with Crippen LogP contribution in [0, 0.1) is 12.7 Å². The van der Waals surface area contributed by atoms with Crippen LogP contribution in [0.5, 0.6) is 0 Å². The zero-order valence-corrected chi connectivity index (χ0v) is 17.9. The number of hydrogen-bond acceptors (Lipinski definition) is 5. The van der Waals surface area contributed by atoms with E-state index in [1.165, 1.54) is 30.6 Å². The molecule has 29 heavy (non-hydrogen) atoms. The van der Waals surface area contributed by atoms with E-state index >= 15 is 0 Å². The van der Waals surface area contributed by atoms with Crippen LogP contribution in [0.25, 0.3) is 0 Å². The highest BCUT2D eigenvalue weighted by Crippen LogP contribution is 2.34. The lowest BCUT2D eigenvalue weighted by molar-refractivity contribution is 0.0601. The number of carbonyl (C=O) groups is 1. The maximum Gasteiger partial charge on any atom is 0.341 e. The van der Waals surface area contributed by atoms with Crippen molar-refractivity contribution in [1.82, 2.24) is 9.78 Å². The van der Waals surface area contributed by atoms with Crippen LogP contribution in [-0.4, -0.2) is 28.0 Å². The number of carbonyl (C=O) groups excluding carboxylic acids is 1. The van der Waals surface area contributed by atoms with Gasteiger partial charge in [0.05, 0.1) is 19.2 Å². The summed E-state index contributed by atoms with van der Waals surface area (Å²) in [6.07, 6.45) is 2.53. The van der Waals surface area contributed by atoms with Gasteiger partial charge in [-0.2, -0.15) is 5.10 Å². The molecule has 152 valence electrons. The van der Waals surface area contributed by atoms with Crippen molar-refractivity contribution in [2.24, 2.45) is 0 Å². The number of hydrogen-bond donors (Lipinski definition) is 2. The number of thiocarbonyl (C=S) groups is 1. The van der Waals surface area contributed by atoms with Gasteiger partial charge in [-0.25, -0.2) is 9.18 Å². The molecule has 3 rings (SSSR count). The van der Waals surface area contributed by atoms with Crippen LogP contribution in [0.15, 0.2) is 36.5 Å². The first-order chi connectivity index (χ1) is 13.9. The molecule has 0 unspecified atom stereocenters. The number of halogens is 1. The number of nitrogens with zero attached hydrogens (tertiary/aromatic N) is 2. The average Bonchev–Trinajstić information content (AvgIpc) is 3.25. The number of methoxy groups -OCH3 is 1. The molecular weight excluding hydrogens is 411 g/mol. The van der Waals surface area contributed by atoms with E-state index in [-0.39, 0.29) is 11.8 Å². The highest BCUT2D eigenvalue weighted by atomic mass is 32.1. The van der Waals surface area contributed by atoms with Crippen molar-refractivity contribution in [3.8, 4) is 0 Å². The third-order valence-corrected chi connectivity index (χ3v) is 5.59. The van der Waals surface area contributed by atoms with Crippen molar-refractivity contribution in [2.75, 3.05) is 17.7 Å². The van der Waals surface area contributed by atoms with Gasteiger partial charge in [0.2, 0.25) is 0 Å². The van der Waals surface area contributed by atoms with E-state index in [2.05, 4.69) is 15.7 Å². The van der Waals surface area contributed by atoms with Crippen molar-refractivity contribution in [1.29, 1.82) is 0 Å². The number of thiophene rings is 1. The maximum absolute atomic E-state index is 13.0. The Morgan fingerprint density at radius 2 is 2.00 bits per heavy atom. The minimum absolute atomic E-state index is 0.269. The van der Waals surface area contributed by atoms with E-state index in [4.69, 9.17) is 17.0 Å². The third kappa shape index (κ3) is 4.99. The molecule has 2 aromatic heterocycles. The molecule has 0 saturated heterocycles. The molecule has 0 radical (unpaired) electrons. The van der Waals surface area contributed by atoms with Crippen molar-refractivity contribution in [2.45, 2.75) is 26.8 Å². The van der Waals surface area contributed by atoms with Crippen LogP contribution in [0.1, 0.15) is 33.3 Å². The Bertz CT molecular complexity index is 1030. The molecule has 0 saturated carbocycles. The van der Waals surface area contributed by atoms with Gasteiger partial charge in [0.25, 0.3) is 0 Å². The molecule has 2 heterocycles. The standard InChI is InChI=1S/C20H21FN4O2S2/c1-4-15-12(2)29-18(17(15)19(26)27-3)23-20(28)22-16-9-10-25(24-16)11-13-5-7-14(21)8-6-13/h5-10H,4,11H2,1-3H3,(H2,22,23,24,28). The largest absolute Gasteiger partial charge is 0.465 e. The number of benzene rings is 1. The van der Waals surface area contributed by atoms with Crippen molar-refractivity contribution < 1.29 is 13.9 Å². The Kier molecular flexibility index (Phi) is 6.60. The molecule has 0 aliphatic heterocycles. The van der Waals surface area contributed by atoms with Gasteiger partial charge < -0.3 is 15.4 Å². The predicted molar refractivity (Wildman–Crippen MR) is 117 cm³/mol. The van der Waals surface area contributed by atoms with Crippen LogP contribution in [0.2, 0.25) is 0 Å². The Labute approximate surface area is 177 Å². The number of anilines is 2. The Morgan fingerprint density at radius 1 is 1.28 bits per heavy atom. The molecule has 0 aliphatic carbocycles. The molecule has 0 atom stereocenters. The van der Waals surface area contributed by atoms with E-state index in [0.717, 1.165) is 22.4 Å². The monoisotopic (exact) mass is 432 g/mol. The second-order valence-corrected chi connectivity index (χ2v) is 7.92. The Hall–Kier alpha value is -2.78. The number of esters is 1. The number of aromatic nitrogens is 2. The molecule has 0 amide bonds. The van der Waals surface area contributed by atoms with Crippen LogP contribution < -0.4 is 10.6 Å². The smallest absolute Gasteiger partial charge is 0.341 e. The second kappa shape index (κ2) is 9.15. The molecule has 2 N–H and O–H groups in total. The van der Waals surface area contributed by atoms with Gasteiger partial charge >= 0.3 is 5.97 Å². The summed E-state index contributed by atoms with van der Waals surface area (Å²) in [7, 11) is 1.36. The second-order valence-electron chi connectivity index (χ2n) is 6.29. The molecule has 3 aromatic rings. The molecule has 0 spiro atoms. The summed E-state index contributed by atoms with van der Waals surface area (Å²) in [5.74, 6) is -0.0948. The summed E-state index contributed by atoms with van der Waals surface area (Å²) in [4.78, 5) is 13.3. The SMILES string of the molecule is CCc1c(C)sc(NC(=S)Nc2ccn(Cc3ccc(F)cc3)n2)c1C(=O)OC. The Morgan fingerprint density at radius 3 is 2.66 bits per heavy atom. The highest BCUT2D eigenvalue weighted by molar-refractivity contribution is 7.80. The van der Waals surface area contributed by atoms with E-state index in [1.807, 2.05) is 13.8 Å². The molecule has 0 bridgehead atoms. The molecule has 0 aliphatic rings. The summed E-state index contributed by atoms with van der Waals surface area (Å²) in [5.41, 5.74) is 2.41. The average molecular weight is 433 g/mol. The summed E-state index contributed by atoms with van der Waals surface area (Å²) in [6.45, 7) is 4.48. The number of nitrogens with one attached hydrogen (secondary N) is 2. The minimum Gasteiger partial charge on any atom is -0.465 e. The molecule has 1 aromatic carbocycles. The third-order valence-electron chi connectivity index (χ3n) is 4.32. The van der Waals surface area contributed by atoms with Crippen LogP contribution in [0.3, 0.4) is 0 Å². The van der Waals surface area contributed by atoms with Crippen LogP contribution in [-0.2, 0) is 17.7 Å². The van der Waals surface area contributed by atoms with Gasteiger partial charge in [0.1, 0.15) is 10.8 Å². The first-order valence-electron chi connectivity index (χ1n) is 8.97. The number of rotatable bonds is 6. The summed E-state index contributed by atoms with van der Waals surface area (Å²) in [6, 6.07) is 8.06. The summed E-state index contributed by atoms with van der Waals surface area (Å²) in [5, 5.41) is 11.5. The molecule has 6 nitrogen and oxygen atoms in total.